The molecule has 0 aliphatic rings. The molecule has 0 saturated heterocycles. The summed E-state index contributed by atoms with van der Waals surface area (Å²) in [4.78, 5) is 12.5. The lowest BCUT2D eigenvalue weighted by Crippen LogP contribution is -2.23. The zero-order chi connectivity index (χ0) is 20.0. The number of anilines is 2. The van der Waals surface area contributed by atoms with E-state index in [0.717, 1.165) is 17.5 Å². The van der Waals surface area contributed by atoms with Crippen LogP contribution in [0.15, 0.2) is 36.4 Å². The monoisotopic (exact) mass is 406 g/mol. The molecule has 27 heavy (non-hydrogen) atoms. The van der Waals surface area contributed by atoms with Crippen molar-refractivity contribution in [2.45, 2.75) is 13.5 Å². The third-order valence-electron chi connectivity index (χ3n) is 3.51. The normalized spacial score (nSPS) is 10.7. The maximum atomic E-state index is 12.5. The molecule has 0 heterocycles. The molecular weight excluding hydrogens is 388 g/mol. The SMILES string of the molecule is CCNc1cc(C#N)ccc1CNC(=O)c1cc(Cl)cc(NS(C)(=O)=O)c1. The number of nitrogens with one attached hydrogen (secondary N) is 3. The van der Waals surface area contributed by atoms with Gasteiger partial charge in [-0.25, -0.2) is 8.42 Å². The number of hydrogen-bond donors (Lipinski definition) is 3. The summed E-state index contributed by atoms with van der Waals surface area (Å²) in [7, 11) is -3.49. The Kier molecular flexibility index (Phi) is 6.66. The molecule has 0 aliphatic carbocycles. The van der Waals surface area contributed by atoms with Crippen LogP contribution in [0.2, 0.25) is 5.02 Å². The predicted molar refractivity (Wildman–Crippen MR) is 106 cm³/mol. The van der Waals surface area contributed by atoms with Crippen molar-refractivity contribution in [1.29, 1.82) is 5.26 Å². The molecule has 0 unspecified atom stereocenters. The second-order valence-corrected chi connectivity index (χ2v) is 7.98. The third kappa shape index (κ3) is 6.16. The number of rotatable bonds is 7. The first kappa shape index (κ1) is 20.6. The number of halogens is 1. The van der Waals surface area contributed by atoms with Gasteiger partial charge in [0, 0.05) is 29.4 Å². The highest BCUT2D eigenvalue weighted by Gasteiger charge is 2.12. The number of carbonyl (C=O) groups is 1. The smallest absolute Gasteiger partial charge is 0.251 e. The second-order valence-electron chi connectivity index (χ2n) is 5.80. The van der Waals surface area contributed by atoms with Gasteiger partial charge < -0.3 is 10.6 Å². The molecule has 0 radical (unpaired) electrons. The van der Waals surface area contributed by atoms with Crippen LogP contribution < -0.4 is 15.4 Å². The molecule has 2 aromatic rings. The second kappa shape index (κ2) is 8.75. The minimum Gasteiger partial charge on any atom is -0.385 e. The minimum absolute atomic E-state index is 0.210. The van der Waals surface area contributed by atoms with E-state index in [-0.39, 0.29) is 22.8 Å². The number of benzene rings is 2. The van der Waals surface area contributed by atoms with Gasteiger partial charge >= 0.3 is 0 Å². The average molecular weight is 407 g/mol. The van der Waals surface area contributed by atoms with Crippen molar-refractivity contribution >= 4 is 38.9 Å². The number of nitrogens with zero attached hydrogens (tertiary/aromatic N) is 1. The lowest BCUT2D eigenvalue weighted by molar-refractivity contribution is 0.0951. The van der Waals surface area contributed by atoms with Gasteiger partial charge in [0.05, 0.1) is 23.6 Å². The lowest BCUT2D eigenvalue weighted by Gasteiger charge is -2.13. The van der Waals surface area contributed by atoms with Crippen LogP contribution in [0.25, 0.3) is 0 Å². The Morgan fingerprint density at radius 2 is 1.96 bits per heavy atom. The van der Waals surface area contributed by atoms with E-state index in [1.165, 1.54) is 18.2 Å². The van der Waals surface area contributed by atoms with Crippen molar-refractivity contribution in [2.75, 3.05) is 22.8 Å². The molecule has 0 bridgehead atoms. The van der Waals surface area contributed by atoms with Crippen molar-refractivity contribution in [1.82, 2.24) is 5.32 Å². The van der Waals surface area contributed by atoms with Crippen LogP contribution in [0.4, 0.5) is 11.4 Å². The molecule has 9 heteroatoms. The number of nitriles is 1. The Balaban J connectivity index is 2.18. The lowest BCUT2D eigenvalue weighted by atomic mass is 10.1. The van der Waals surface area contributed by atoms with Crippen LogP contribution in [0.1, 0.15) is 28.4 Å². The molecule has 2 rings (SSSR count). The van der Waals surface area contributed by atoms with E-state index in [9.17, 15) is 13.2 Å². The Morgan fingerprint density at radius 3 is 2.59 bits per heavy atom. The quantitative estimate of drug-likeness (QED) is 0.654. The Labute approximate surface area is 163 Å². The van der Waals surface area contributed by atoms with Crippen LogP contribution >= 0.6 is 11.6 Å². The number of sulfonamides is 1. The van der Waals surface area contributed by atoms with E-state index in [4.69, 9.17) is 16.9 Å². The molecule has 0 aliphatic heterocycles. The van der Waals surface area contributed by atoms with Crippen molar-refractivity contribution in [2.24, 2.45) is 0 Å². The predicted octanol–water partition coefficient (Wildman–Crippen LogP) is 2.94. The summed E-state index contributed by atoms with van der Waals surface area (Å²) in [6.07, 6.45) is 1.01. The van der Waals surface area contributed by atoms with Crippen LogP contribution in [-0.4, -0.2) is 27.1 Å². The summed E-state index contributed by atoms with van der Waals surface area (Å²) in [5.74, 6) is -0.402. The van der Waals surface area contributed by atoms with Gasteiger partial charge in [-0.3, -0.25) is 9.52 Å². The van der Waals surface area contributed by atoms with E-state index in [1.807, 2.05) is 6.92 Å². The first-order chi connectivity index (χ1) is 12.7. The van der Waals surface area contributed by atoms with E-state index in [2.05, 4.69) is 21.4 Å². The van der Waals surface area contributed by atoms with Crippen molar-refractivity contribution in [3.63, 3.8) is 0 Å². The highest BCUT2D eigenvalue weighted by molar-refractivity contribution is 7.92. The van der Waals surface area contributed by atoms with Gasteiger partial charge in [-0.1, -0.05) is 17.7 Å². The van der Waals surface area contributed by atoms with Crippen molar-refractivity contribution in [3.8, 4) is 6.07 Å². The van der Waals surface area contributed by atoms with Crippen LogP contribution in [0.5, 0.6) is 0 Å². The molecule has 0 aromatic heterocycles. The Morgan fingerprint density at radius 1 is 1.22 bits per heavy atom. The maximum absolute atomic E-state index is 12.5. The topological polar surface area (TPSA) is 111 Å². The zero-order valence-corrected chi connectivity index (χ0v) is 16.4. The fourth-order valence-electron chi connectivity index (χ4n) is 2.43. The third-order valence-corrected chi connectivity index (χ3v) is 4.33. The average Bonchev–Trinajstić information content (AvgIpc) is 2.58. The molecular formula is C18H19ClN4O3S. The summed E-state index contributed by atoms with van der Waals surface area (Å²) < 4.78 is 25.0. The van der Waals surface area contributed by atoms with E-state index < -0.39 is 15.9 Å². The summed E-state index contributed by atoms with van der Waals surface area (Å²) in [5, 5.41) is 15.2. The number of carbonyl (C=O) groups excluding carboxylic acids is 1. The highest BCUT2D eigenvalue weighted by atomic mass is 35.5. The summed E-state index contributed by atoms with van der Waals surface area (Å²) >= 11 is 5.98. The van der Waals surface area contributed by atoms with Gasteiger partial charge in [0.25, 0.3) is 5.91 Å². The highest BCUT2D eigenvalue weighted by Crippen LogP contribution is 2.21. The van der Waals surface area contributed by atoms with Crippen molar-refractivity contribution < 1.29 is 13.2 Å². The summed E-state index contributed by atoms with van der Waals surface area (Å²) in [6, 6.07) is 11.5. The molecule has 3 N–H and O–H groups in total. The molecule has 0 saturated carbocycles. The minimum atomic E-state index is -3.49. The zero-order valence-electron chi connectivity index (χ0n) is 14.8. The molecule has 1 amide bonds. The molecule has 2 aromatic carbocycles. The van der Waals surface area contributed by atoms with Gasteiger partial charge in [-0.15, -0.1) is 0 Å². The van der Waals surface area contributed by atoms with Gasteiger partial charge in [0.1, 0.15) is 0 Å². The Bertz CT molecular complexity index is 1000. The van der Waals surface area contributed by atoms with Crippen LogP contribution in [0.3, 0.4) is 0 Å². The molecule has 0 spiro atoms. The van der Waals surface area contributed by atoms with E-state index in [0.29, 0.717) is 12.1 Å². The van der Waals surface area contributed by atoms with Gasteiger partial charge in [-0.2, -0.15) is 5.26 Å². The number of hydrogen-bond acceptors (Lipinski definition) is 5. The molecule has 0 fully saturated rings. The molecule has 0 atom stereocenters. The molecule has 142 valence electrons. The first-order valence-electron chi connectivity index (χ1n) is 8.05. The van der Waals surface area contributed by atoms with Crippen LogP contribution in [-0.2, 0) is 16.6 Å². The standard InChI is InChI=1S/C18H19ClN4O3S/c1-3-21-17-6-12(10-20)4-5-13(17)11-22-18(24)14-7-15(19)9-16(8-14)23-27(2,25)26/h4-9,21,23H,3,11H2,1-2H3,(H,22,24). The summed E-state index contributed by atoms with van der Waals surface area (Å²) in [6.45, 7) is 2.84. The maximum Gasteiger partial charge on any atom is 0.251 e. The van der Waals surface area contributed by atoms with Gasteiger partial charge in [0.2, 0.25) is 10.0 Å². The first-order valence-corrected chi connectivity index (χ1v) is 10.3. The molecule has 7 nitrogen and oxygen atoms in total. The van der Waals surface area contributed by atoms with Crippen LogP contribution in [0, 0.1) is 11.3 Å². The number of amides is 1. The fraction of sp³-hybridized carbons (Fsp3) is 0.222. The van der Waals surface area contributed by atoms with E-state index >= 15 is 0 Å². The van der Waals surface area contributed by atoms with Gasteiger partial charge in [0.15, 0.2) is 0 Å². The Hall–Kier alpha value is -2.76. The summed E-state index contributed by atoms with van der Waals surface area (Å²) in [5.41, 5.74) is 2.55. The van der Waals surface area contributed by atoms with Crippen molar-refractivity contribution in [3.05, 3.63) is 58.1 Å². The van der Waals surface area contributed by atoms with Gasteiger partial charge in [-0.05, 0) is 42.8 Å². The fourth-order valence-corrected chi connectivity index (χ4v) is 3.21. The largest absolute Gasteiger partial charge is 0.385 e. The van der Waals surface area contributed by atoms with E-state index in [1.54, 1.807) is 18.2 Å².